The van der Waals surface area contributed by atoms with Crippen molar-refractivity contribution in [3.05, 3.63) is 24.0 Å². The van der Waals surface area contributed by atoms with Crippen LogP contribution in [0.4, 0.5) is 0 Å². The number of nitrogens with zero attached hydrogens (tertiary/aromatic N) is 1. The summed E-state index contributed by atoms with van der Waals surface area (Å²) in [5.74, 6) is 0.894. The van der Waals surface area contributed by atoms with Gasteiger partial charge in [-0.25, -0.2) is 0 Å². The molecule has 1 N–H and O–H groups in total. The smallest absolute Gasteiger partial charge is 0.137 e. The van der Waals surface area contributed by atoms with Gasteiger partial charge in [0, 0.05) is 6.20 Å². The lowest BCUT2D eigenvalue weighted by atomic mass is 10.1. The summed E-state index contributed by atoms with van der Waals surface area (Å²) in [6, 6.07) is 2.10. The van der Waals surface area contributed by atoms with E-state index in [9.17, 15) is 0 Å². The van der Waals surface area contributed by atoms with Crippen LogP contribution < -0.4 is 10.1 Å². The average Bonchev–Trinajstić information content (AvgIpc) is 2.37. The fourth-order valence-electron chi connectivity index (χ4n) is 1.62. The number of aromatic nitrogens is 1. The van der Waals surface area contributed by atoms with Crippen molar-refractivity contribution < 1.29 is 4.74 Å². The van der Waals surface area contributed by atoms with Crippen LogP contribution in [0.25, 0.3) is 0 Å². The Morgan fingerprint density at radius 3 is 2.82 bits per heavy atom. The molecule has 0 spiro atoms. The predicted molar refractivity (Wildman–Crippen MR) is 71.5 cm³/mol. The maximum absolute atomic E-state index is 5.56. The Morgan fingerprint density at radius 1 is 1.18 bits per heavy atom. The zero-order valence-electron chi connectivity index (χ0n) is 11.0. The van der Waals surface area contributed by atoms with Gasteiger partial charge >= 0.3 is 0 Å². The number of aryl methyl sites for hydroxylation is 1. The Kier molecular flexibility index (Phi) is 7.39. The summed E-state index contributed by atoms with van der Waals surface area (Å²) < 4.78 is 5.56. The van der Waals surface area contributed by atoms with E-state index in [4.69, 9.17) is 4.74 Å². The SMILES string of the molecule is CCCNCCCc1cncc(OCCC)c1. The van der Waals surface area contributed by atoms with Crippen molar-refractivity contribution in [3.63, 3.8) is 0 Å². The molecular weight excluding hydrogens is 212 g/mol. The summed E-state index contributed by atoms with van der Waals surface area (Å²) in [5, 5.41) is 3.40. The Hall–Kier alpha value is -1.09. The zero-order chi connectivity index (χ0) is 12.3. The molecule has 0 fully saturated rings. The summed E-state index contributed by atoms with van der Waals surface area (Å²) in [4.78, 5) is 4.21. The van der Waals surface area contributed by atoms with Gasteiger partial charge < -0.3 is 10.1 Å². The molecule has 0 bridgehead atoms. The van der Waals surface area contributed by atoms with Gasteiger partial charge in [0.2, 0.25) is 0 Å². The van der Waals surface area contributed by atoms with Gasteiger partial charge in [0.1, 0.15) is 5.75 Å². The van der Waals surface area contributed by atoms with E-state index < -0.39 is 0 Å². The third kappa shape index (κ3) is 6.27. The van der Waals surface area contributed by atoms with Crippen LogP contribution in [0.2, 0.25) is 0 Å². The van der Waals surface area contributed by atoms with E-state index in [0.717, 1.165) is 44.7 Å². The predicted octanol–water partition coefficient (Wildman–Crippen LogP) is 2.80. The lowest BCUT2D eigenvalue weighted by Crippen LogP contribution is -2.16. The van der Waals surface area contributed by atoms with E-state index in [2.05, 4.69) is 30.2 Å². The molecule has 1 aromatic rings. The Morgan fingerprint density at radius 2 is 2.06 bits per heavy atom. The van der Waals surface area contributed by atoms with E-state index in [-0.39, 0.29) is 0 Å². The van der Waals surface area contributed by atoms with Crippen molar-refractivity contribution in [2.45, 2.75) is 39.5 Å². The van der Waals surface area contributed by atoms with Crippen LogP contribution in [-0.4, -0.2) is 24.7 Å². The molecule has 3 nitrogen and oxygen atoms in total. The summed E-state index contributed by atoms with van der Waals surface area (Å²) in [7, 11) is 0. The zero-order valence-corrected chi connectivity index (χ0v) is 11.0. The number of ether oxygens (including phenoxy) is 1. The molecule has 0 atom stereocenters. The van der Waals surface area contributed by atoms with E-state index >= 15 is 0 Å². The number of hydrogen-bond donors (Lipinski definition) is 1. The van der Waals surface area contributed by atoms with Gasteiger partial charge in [-0.15, -0.1) is 0 Å². The molecule has 17 heavy (non-hydrogen) atoms. The molecule has 0 aliphatic carbocycles. The fraction of sp³-hybridized carbons (Fsp3) is 0.643. The summed E-state index contributed by atoms with van der Waals surface area (Å²) in [6.45, 7) is 7.25. The molecule has 0 radical (unpaired) electrons. The van der Waals surface area contributed by atoms with E-state index in [1.165, 1.54) is 12.0 Å². The normalized spacial score (nSPS) is 10.5. The second-order valence-corrected chi connectivity index (χ2v) is 4.23. The van der Waals surface area contributed by atoms with Crippen molar-refractivity contribution in [1.29, 1.82) is 0 Å². The first-order chi connectivity index (χ1) is 8.36. The lowest BCUT2D eigenvalue weighted by molar-refractivity contribution is 0.316. The lowest BCUT2D eigenvalue weighted by Gasteiger charge is -2.06. The molecular formula is C14H24N2O. The second-order valence-electron chi connectivity index (χ2n) is 4.23. The van der Waals surface area contributed by atoms with Crippen LogP contribution in [-0.2, 0) is 6.42 Å². The van der Waals surface area contributed by atoms with Crippen LogP contribution in [0, 0.1) is 0 Å². The Bertz CT molecular complexity index is 302. The third-order valence-corrected chi connectivity index (χ3v) is 2.49. The van der Waals surface area contributed by atoms with E-state index in [0.29, 0.717) is 0 Å². The summed E-state index contributed by atoms with van der Waals surface area (Å²) >= 11 is 0. The first kappa shape index (κ1) is 14.0. The Balaban J connectivity index is 2.27. The van der Waals surface area contributed by atoms with Crippen molar-refractivity contribution >= 4 is 0 Å². The van der Waals surface area contributed by atoms with Gasteiger partial charge in [0.25, 0.3) is 0 Å². The number of pyridine rings is 1. The highest BCUT2D eigenvalue weighted by Crippen LogP contribution is 2.12. The minimum absolute atomic E-state index is 0.767. The van der Waals surface area contributed by atoms with Crippen LogP contribution in [0.5, 0.6) is 5.75 Å². The highest BCUT2D eigenvalue weighted by atomic mass is 16.5. The standard InChI is InChI=1S/C14H24N2O/c1-3-7-15-8-5-6-13-10-14(12-16-11-13)17-9-4-2/h10-12,15H,3-9H2,1-2H3. The number of hydrogen-bond acceptors (Lipinski definition) is 3. The molecule has 0 unspecified atom stereocenters. The topological polar surface area (TPSA) is 34.2 Å². The molecule has 3 heteroatoms. The third-order valence-electron chi connectivity index (χ3n) is 2.49. The molecule has 1 heterocycles. The molecule has 0 aliphatic rings. The summed E-state index contributed by atoms with van der Waals surface area (Å²) in [6.07, 6.45) is 8.16. The van der Waals surface area contributed by atoms with Crippen molar-refractivity contribution in [2.75, 3.05) is 19.7 Å². The van der Waals surface area contributed by atoms with Crippen LogP contribution in [0.1, 0.15) is 38.7 Å². The van der Waals surface area contributed by atoms with Gasteiger partial charge in [0.05, 0.1) is 12.8 Å². The number of nitrogens with one attached hydrogen (secondary N) is 1. The van der Waals surface area contributed by atoms with Crippen LogP contribution in [0.15, 0.2) is 18.5 Å². The monoisotopic (exact) mass is 236 g/mol. The quantitative estimate of drug-likeness (QED) is 0.669. The molecule has 96 valence electrons. The molecule has 1 rings (SSSR count). The first-order valence-electron chi connectivity index (χ1n) is 6.64. The maximum Gasteiger partial charge on any atom is 0.137 e. The molecule has 0 aliphatic heterocycles. The van der Waals surface area contributed by atoms with Crippen molar-refractivity contribution in [2.24, 2.45) is 0 Å². The largest absolute Gasteiger partial charge is 0.492 e. The molecule has 0 aromatic carbocycles. The minimum Gasteiger partial charge on any atom is -0.492 e. The number of rotatable bonds is 9. The highest BCUT2D eigenvalue weighted by molar-refractivity contribution is 5.23. The van der Waals surface area contributed by atoms with E-state index in [1.54, 1.807) is 6.20 Å². The van der Waals surface area contributed by atoms with Crippen LogP contribution in [0.3, 0.4) is 0 Å². The second kappa shape index (κ2) is 8.99. The molecule has 0 saturated heterocycles. The fourth-order valence-corrected chi connectivity index (χ4v) is 1.62. The van der Waals surface area contributed by atoms with Crippen molar-refractivity contribution in [3.8, 4) is 5.75 Å². The Labute approximate surface area is 105 Å². The van der Waals surface area contributed by atoms with Gasteiger partial charge in [-0.3, -0.25) is 4.98 Å². The molecule has 0 amide bonds. The highest BCUT2D eigenvalue weighted by Gasteiger charge is 1.98. The van der Waals surface area contributed by atoms with Gasteiger partial charge in [-0.05, 0) is 50.4 Å². The molecule has 0 saturated carbocycles. The van der Waals surface area contributed by atoms with Crippen LogP contribution >= 0.6 is 0 Å². The molecule has 1 aromatic heterocycles. The van der Waals surface area contributed by atoms with Gasteiger partial charge in [-0.1, -0.05) is 13.8 Å². The first-order valence-corrected chi connectivity index (χ1v) is 6.64. The van der Waals surface area contributed by atoms with Crippen molar-refractivity contribution in [1.82, 2.24) is 10.3 Å². The summed E-state index contributed by atoms with van der Waals surface area (Å²) in [5.41, 5.74) is 1.26. The van der Waals surface area contributed by atoms with E-state index in [1.807, 2.05) is 6.20 Å². The van der Waals surface area contributed by atoms with Gasteiger partial charge in [0.15, 0.2) is 0 Å². The average molecular weight is 236 g/mol. The minimum atomic E-state index is 0.767. The maximum atomic E-state index is 5.56. The van der Waals surface area contributed by atoms with Gasteiger partial charge in [-0.2, -0.15) is 0 Å².